The van der Waals surface area contributed by atoms with Crippen LogP contribution in [0.1, 0.15) is 42.9 Å². The summed E-state index contributed by atoms with van der Waals surface area (Å²) >= 11 is 0. The van der Waals surface area contributed by atoms with E-state index in [2.05, 4.69) is 21.6 Å². The van der Waals surface area contributed by atoms with Gasteiger partial charge < -0.3 is 10.6 Å². The van der Waals surface area contributed by atoms with E-state index in [1.54, 1.807) is 0 Å². The first-order valence-electron chi connectivity index (χ1n) is 11.3. The maximum absolute atomic E-state index is 13.2. The quantitative estimate of drug-likeness (QED) is 0.626. The van der Waals surface area contributed by atoms with E-state index in [1.165, 1.54) is 18.4 Å². The number of carbonyl (C=O) groups is 3. The summed E-state index contributed by atoms with van der Waals surface area (Å²) in [5, 5.41) is 5.70. The van der Waals surface area contributed by atoms with Gasteiger partial charge >= 0.3 is 6.03 Å². The summed E-state index contributed by atoms with van der Waals surface area (Å²) in [7, 11) is 0. The van der Waals surface area contributed by atoms with Crippen molar-refractivity contribution >= 4 is 17.8 Å². The highest BCUT2D eigenvalue weighted by Gasteiger charge is 2.51. The van der Waals surface area contributed by atoms with Crippen molar-refractivity contribution in [1.82, 2.24) is 20.4 Å². The van der Waals surface area contributed by atoms with Crippen molar-refractivity contribution in [2.75, 3.05) is 19.6 Å². The highest BCUT2D eigenvalue weighted by molar-refractivity contribution is 6.09. The molecule has 0 aromatic heterocycles. The fourth-order valence-electron chi connectivity index (χ4n) is 4.59. The summed E-state index contributed by atoms with van der Waals surface area (Å²) in [5.41, 5.74) is 1.84. The molecular weight excluding hydrogens is 404 g/mol. The number of rotatable bonds is 8. The van der Waals surface area contributed by atoms with Gasteiger partial charge in [-0.05, 0) is 49.0 Å². The molecule has 2 N–H and O–H groups in total. The Kier molecular flexibility index (Phi) is 6.55. The average molecular weight is 435 g/mol. The molecule has 0 unspecified atom stereocenters. The summed E-state index contributed by atoms with van der Waals surface area (Å²) < 4.78 is 0. The molecule has 0 bridgehead atoms. The molecule has 2 saturated heterocycles. The molecule has 2 heterocycles. The second-order valence-corrected chi connectivity index (χ2v) is 8.48. The third-order valence-corrected chi connectivity index (χ3v) is 6.46. The third-order valence-electron chi connectivity index (χ3n) is 6.46. The molecular formula is C25H30N4O3. The van der Waals surface area contributed by atoms with Gasteiger partial charge in [-0.15, -0.1) is 0 Å². The van der Waals surface area contributed by atoms with Gasteiger partial charge in [0.2, 0.25) is 5.91 Å². The van der Waals surface area contributed by atoms with Gasteiger partial charge in [0.05, 0.1) is 0 Å². The predicted molar refractivity (Wildman–Crippen MR) is 121 cm³/mol. The molecule has 1 atom stereocenters. The van der Waals surface area contributed by atoms with Crippen LogP contribution < -0.4 is 10.6 Å². The first-order chi connectivity index (χ1) is 15.5. The highest BCUT2D eigenvalue weighted by atomic mass is 16.2. The Labute approximate surface area is 188 Å². The Hall–Kier alpha value is -3.19. The van der Waals surface area contributed by atoms with Crippen molar-refractivity contribution in [3.63, 3.8) is 0 Å². The van der Waals surface area contributed by atoms with E-state index in [9.17, 15) is 14.4 Å². The van der Waals surface area contributed by atoms with Crippen LogP contribution in [0.2, 0.25) is 0 Å². The molecule has 2 aliphatic rings. The number of carbonyl (C=O) groups excluding carboxylic acids is 3. The molecule has 2 fully saturated rings. The van der Waals surface area contributed by atoms with Crippen LogP contribution in [0.5, 0.6) is 0 Å². The minimum absolute atomic E-state index is 0.298. The average Bonchev–Trinajstić information content (AvgIpc) is 3.41. The first kappa shape index (κ1) is 22.0. The van der Waals surface area contributed by atoms with Gasteiger partial charge in [0.25, 0.3) is 5.91 Å². The normalized spacial score (nSPS) is 21.1. The lowest BCUT2D eigenvalue weighted by Gasteiger charge is -2.25. The number of likely N-dealkylation sites (tertiary alicyclic amines) is 1. The summed E-state index contributed by atoms with van der Waals surface area (Å²) in [6.45, 7) is 5.00. The maximum atomic E-state index is 13.2. The lowest BCUT2D eigenvalue weighted by molar-refractivity contribution is -0.135. The fourth-order valence-corrected chi connectivity index (χ4v) is 4.59. The monoisotopic (exact) mass is 434 g/mol. The standard InChI is InChI=1S/C25H30N4O3/c1-2-25(21-12-4-3-5-13-21)23(31)29(24(32)27-25)18-22(30)26-16-19-10-6-7-11-20(19)17-28-14-8-9-15-28/h3-7,10-13H,2,8-9,14-18H2,1H3,(H,26,30)(H,27,32)/t25-/m1/s1. The minimum atomic E-state index is -1.12. The highest BCUT2D eigenvalue weighted by Crippen LogP contribution is 2.32. The van der Waals surface area contributed by atoms with Gasteiger partial charge in [0, 0.05) is 13.1 Å². The van der Waals surface area contributed by atoms with Crippen LogP contribution in [-0.2, 0) is 28.2 Å². The van der Waals surface area contributed by atoms with E-state index in [0.29, 0.717) is 13.0 Å². The van der Waals surface area contributed by atoms with Crippen LogP contribution in [0.15, 0.2) is 54.6 Å². The van der Waals surface area contributed by atoms with Crippen molar-refractivity contribution in [2.24, 2.45) is 0 Å². The molecule has 0 spiro atoms. The Balaban J connectivity index is 1.40. The van der Waals surface area contributed by atoms with E-state index in [1.807, 2.05) is 55.5 Å². The summed E-state index contributed by atoms with van der Waals surface area (Å²) in [5.74, 6) is -0.745. The molecule has 4 amide bonds. The van der Waals surface area contributed by atoms with E-state index in [4.69, 9.17) is 0 Å². The molecule has 168 valence electrons. The van der Waals surface area contributed by atoms with E-state index in [0.717, 1.165) is 35.7 Å². The second-order valence-electron chi connectivity index (χ2n) is 8.48. The van der Waals surface area contributed by atoms with Gasteiger partial charge in [-0.25, -0.2) is 4.79 Å². The van der Waals surface area contributed by atoms with Crippen LogP contribution in [0.4, 0.5) is 4.79 Å². The molecule has 7 heteroatoms. The zero-order valence-corrected chi connectivity index (χ0v) is 18.5. The van der Waals surface area contributed by atoms with Crippen LogP contribution in [0.25, 0.3) is 0 Å². The number of imide groups is 1. The molecule has 0 saturated carbocycles. The molecule has 2 aliphatic heterocycles. The number of benzene rings is 2. The lowest BCUT2D eigenvalue weighted by Crippen LogP contribution is -2.44. The van der Waals surface area contributed by atoms with E-state index in [-0.39, 0.29) is 18.4 Å². The molecule has 2 aromatic rings. The molecule has 2 aromatic carbocycles. The van der Waals surface area contributed by atoms with E-state index >= 15 is 0 Å². The second kappa shape index (κ2) is 9.53. The number of nitrogens with zero attached hydrogens (tertiary/aromatic N) is 2. The van der Waals surface area contributed by atoms with Crippen LogP contribution in [0, 0.1) is 0 Å². The first-order valence-corrected chi connectivity index (χ1v) is 11.3. The lowest BCUT2D eigenvalue weighted by atomic mass is 9.87. The van der Waals surface area contributed by atoms with Gasteiger partial charge in [-0.1, -0.05) is 61.5 Å². The number of nitrogens with one attached hydrogen (secondary N) is 2. The SMILES string of the molecule is CC[C@]1(c2ccccc2)NC(=O)N(CC(=O)NCc2ccccc2CN2CCCC2)C1=O. The van der Waals surface area contributed by atoms with Gasteiger partial charge in [0.1, 0.15) is 12.1 Å². The van der Waals surface area contributed by atoms with Crippen molar-refractivity contribution in [3.05, 3.63) is 71.3 Å². The van der Waals surface area contributed by atoms with Crippen LogP contribution in [-0.4, -0.2) is 47.3 Å². The fraction of sp³-hybridized carbons (Fsp3) is 0.400. The van der Waals surface area contributed by atoms with Gasteiger partial charge in [-0.3, -0.25) is 19.4 Å². The van der Waals surface area contributed by atoms with E-state index < -0.39 is 11.6 Å². The summed E-state index contributed by atoms with van der Waals surface area (Å²) in [6, 6.07) is 16.7. The van der Waals surface area contributed by atoms with Crippen molar-refractivity contribution in [3.8, 4) is 0 Å². The number of urea groups is 1. The summed E-state index contributed by atoms with van der Waals surface area (Å²) in [6.07, 6.45) is 2.86. The zero-order valence-electron chi connectivity index (χ0n) is 18.5. The predicted octanol–water partition coefficient (Wildman–Crippen LogP) is 2.76. The molecule has 0 radical (unpaired) electrons. The Morgan fingerprint density at radius 2 is 1.66 bits per heavy atom. The largest absolute Gasteiger partial charge is 0.350 e. The maximum Gasteiger partial charge on any atom is 0.325 e. The smallest absolute Gasteiger partial charge is 0.325 e. The van der Waals surface area contributed by atoms with Gasteiger partial charge in [0.15, 0.2) is 0 Å². The number of amides is 4. The molecule has 7 nitrogen and oxygen atoms in total. The molecule has 4 rings (SSSR count). The van der Waals surface area contributed by atoms with Crippen molar-refractivity contribution in [2.45, 2.75) is 44.8 Å². The zero-order chi connectivity index (χ0) is 22.6. The van der Waals surface area contributed by atoms with Crippen molar-refractivity contribution < 1.29 is 14.4 Å². The number of hydrogen-bond acceptors (Lipinski definition) is 4. The topological polar surface area (TPSA) is 81.8 Å². The minimum Gasteiger partial charge on any atom is -0.350 e. The summed E-state index contributed by atoms with van der Waals surface area (Å²) in [4.78, 5) is 41.9. The number of hydrogen-bond donors (Lipinski definition) is 2. The Morgan fingerprint density at radius 1 is 1.00 bits per heavy atom. The van der Waals surface area contributed by atoms with Crippen molar-refractivity contribution in [1.29, 1.82) is 0 Å². The third kappa shape index (κ3) is 4.39. The van der Waals surface area contributed by atoms with Crippen LogP contribution >= 0.6 is 0 Å². The van der Waals surface area contributed by atoms with Gasteiger partial charge in [-0.2, -0.15) is 0 Å². The van der Waals surface area contributed by atoms with Crippen LogP contribution in [0.3, 0.4) is 0 Å². The Morgan fingerprint density at radius 3 is 2.34 bits per heavy atom. The molecule has 32 heavy (non-hydrogen) atoms. The molecule has 0 aliphatic carbocycles. The Bertz CT molecular complexity index is 988.